The molecule has 0 atom stereocenters. The molecule has 23 heavy (non-hydrogen) atoms. The van der Waals surface area contributed by atoms with E-state index in [4.69, 9.17) is 10.5 Å². The number of nitrogens with two attached hydrogens (primary N) is 1. The molecular formula is C15H15FN2O4S. The predicted octanol–water partition coefficient (Wildman–Crippen LogP) is 1.28. The fourth-order valence-electron chi connectivity index (χ4n) is 1.78. The molecule has 0 spiro atoms. The third kappa shape index (κ3) is 4.76. The van der Waals surface area contributed by atoms with Crippen LogP contribution in [0.5, 0.6) is 5.75 Å². The SMILES string of the molecule is NC(=O)c1ccc(S(=O)(=O)NCCOc2cccc(F)c2)cc1. The Labute approximate surface area is 133 Å². The van der Waals surface area contributed by atoms with Gasteiger partial charge in [-0.2, -0.15) is 0 Å². The van der Waals surface area contributed by atoms with Crippen LogP contribution in [0.15, 0.2) is 53.4 Å². The molecule has 2 rings (SSSR count). The molecule has 122 valence electrons. The first-order chi connectivity index (χ1) is 10.9. The Hall–Kier alpha value is -2.45. The van der Waals surface area contributed by atoms with Crippen LogP contribution >= 0.6 is 0 Å². The Balaban J connectivity index is 1.90. The van der Waals surface area contributed by atoms with Gasteiger partial charge in [0.25, 0.3) is 0 Å². The van der Waals surface area contributed by atoms with Crippen molar-refractivity contribution in [2.45, 2.75) is 4.90 Å². The molecule has 0 saturated heterocycles. The molecule has 0 unspecified atom stereocenters. The lowest BCUT2D eigenvalue weighted by Crippen LogP contribution is -2.28. The first-order valence-corrected chi connectivity index (χ1v) is 8.15. The fourth-order valence-corrected chi connectivity index (χ4v) is 2.80. The van der Waals surface area contributed by atoms with Gasteiger partial charge in [0, 0.05) is 18.2 Å². The molecule has 0 aliphatic rings. The van der Waals surface area contributed by atoms with Crippen LogP contribution in [0.1, 0.15) is 10.4 Å². The molecule has 0 fully saturated rings. The topological polar surface area (TPSA) is 98.5 Å². The van der Waals surface area contributed by atoms with Crippen molar-refractivity contribution in [3.05, 3.63) is 59.9 Å². The summed E-state index contributed by atoms with van der Waals surface area (Å²) in [7, 11) is -3.72. The van der Waals surface area contributed by atoms with E-state index >= 15 is 0 Å². The summed E-state index contributed by atoms with van der Waals surface area (Å²) in [6.07, 6.45) is 0. The third-order valence-corrected chi connectivity index (χ3v) is 4.39. The highest BCUT2D eigenvalue weighted by Crippen LogP contribution is 2.12. The number of ether oxygens (including phenoxy) is 1. The Bertz CT molecular complexity index is 791. The molecule has 0 radical (unpaired) electrons. The van der Waals surface area contributed by atoms with Crippen molar-refractivity contribution < 1.29 is 22.3 Å². The lowest BCUT2D eigenvalue weighted by molar-refractivity contribution is 0.1000. The van der Waals surface area contributed by atoms with Gasteiger partial charge in [0.15, 0.2) is 0 Å². The molecule has 0 bridgehead atoms. The van der Waals surface area contributed by atoms with E-state index in [-0.39, 0.29) is 23.6 Å². The summed E-state index contributed by atoms with van der Waals surface area (Å²) in [5.41, 5.74) is 5.31. The molecule has 0 heterocycles. The number of benzene rings is 2. The average molecular weight is 338 g/mol. The summed E-state index contributed by atoms with van der Waals surface area (Å²) in [6.45, 7) is 0.0540. The van der Waals surface area contributed by atoms with Crippen LogP contribution in [0, 0.1) is 5.82 Å². The van der Waals surface area contributed by atoms with Gasteiger partial charge < -0.3 is 10.5 Å². The quantitative estimate of drug-likeness (QED) is 0.743. The molecule has 0 aliphatic heterocycles. The summed E-state index contributed by atoms with van der Waals surface area (Å²) in [5, 5.41) is 0. The smallest absolute Gasteiger partial charge is 0.248 e. The number of hydrogen-bond acceptors (Lipinski definition) is 4. The van der Waals surface area contributed by atoms with Gasteiger partial charge >= 0.3 is 0 Å². The number of primary amides is 1. The maximum atomic E-state index is 13.0. The number of halogens is 1. The van der Waals surface area contributed by atoms with Crippen LogP contribution < -0.4 is 15.2 Å². The summed E-state index contributed by atoms with van der Waals surface area (Å²) in [4.78, 5) is 11.0. The van der Waals surface area contributed by atoms with E-state index in [1.165, 1.54) is 42.5 Å². The lowest BCUT2D eigenvalue weighted by atomic mass is 10.2. The summed E-state index contributed by atoms with van der Waals surface area (Å²) >= 11 is 0. The predicted molar refractivity (Wildman–Crippen MR) is 82.0 cm³/mol. The zero-order valence-corrected chi connectivity index (χ0v) is 12.8. The van der Waals surface area contributed by atoms with E-state index in [1.807, 2.05) is 0 Å². The van der Waals surface area contributed by atoms with Gasteiger partial charge in [0.2, 0.25) is 15.9 Å². The van der Waals surface area contributed by atoms with Gasteiger partial charge in [-0.15, -0.1) is 0 Å². The third-order valence-electron chi connectivity index (χ3n) is 2.91. The summed E-state index contributed by atoms with van der Waals surface area (Å²) < 4.78 is 44.6. The van der Waals surface area contributed by atoms with E-state index < -0.39 is 21.7 Å². The van der Waals surface area contributed by atoms with Gasteiger partial charge in [0.05, 0.1) is 4.90 Å². The first kappa shape index (κ1) is 16.9. The van der Waals surface area contributed by atoms with Crippen molar-refractivity contribution in [1.82, 2.24) is 4.72 Å². The molecule has 0 aromatic heterocycles. The number of carbonyl (C=O) groups is 1. The average Bonchev–Trinajstić information content (AvgIpc) is 2.52. The van der Waals surface area contributed by atoms with E-state index in [9.17, 15) is 17.6 Å². The monoisotopic (exact) mass is 338 g/mol. The number of carbonyl (C=O) groups excluding carboxylic acids is 1. The van der Waals surface area contributed by atoms with Gasteiger partial charge in [-0.1, -0.05) is 6.07 Å². The van der Waals surface area contributed by atoms with Crippen molar-refractivity contribution >= 4 is 15.9 Å². The minimum atomic E-state index is -3.72. The fraction of sp³-hybridized carbons (Fsp3) is 0.133. The number of sulfonamides is 1. The molecule has 0 aliphatic carbocycles. The van der Waals surface area contributed by atoms with Gasteiger partial charge in [0.1, 0.15) is 18.2 Å². The highest BCUT2D eigenvalue weighted by Gasteiger charge is 2.13. The lowest BCUT2D eigenvalue weighted by Gasteiger charge is -2.09. The number of rotatable bonds is 7. The van der Waals surface area contributed by atoms with Crippen molar-refractivity contribution in [1.29, 1.82) is 0 Å². The second-order valence-electron chi connectivity index (χ2n) is 4.59. The van der Waals surface area contributed by atoms with Crippen molar-refractivity contribution in [3.63, 3.8) is 0 Å². The molecule has 1 amide bonds. The zero-order chi connectivity index (χ0) is 16.9. The largest absolute Gasteiger partial charge is 0.492 e. The second kappa shape index (κ2) is 7.21. The molecule has 8 heteroatoms. The van der Waals surface area contributed by atoms with E-state index in [0.717, 1.165) is 0 Å². The molecule has 0 saturated carbocycles. The van der Waals surface area contributed by atoms with Crippen molar-refractivity contribution in [2.24, 2.45) is 5.73 Å². The van der Waals surface area contributed by atoms with E-state index in [2.05, 4.69) is 4.72 Å². The number of nitrogens with one attached hydrogen (secondary N) is 1. The molecule has 6 nitrogen and oxygen atoms in total. The van der Waals surface area contributed by atoms with Crippen LogP contribution in [-0.2, 0) is 10.0 Å². The maximum absolute atomic E-state index is 13.0. The zero-order valence-electron chi connectivity index (χ0n) is 12.0. The van der Waals surface area contributed by atoms with Gasteiger partial charge in [-0.3, -0.25) is 4.79 Å². The van der Waals surface area contributed by atoms with Crippen LogP contribution in [0.4, 0.5) is 4.39 Å². The summed E-state index contributed by atoms with van der Waals surface area (Å²) in [6, 6.07) is 10.8. The molecule has 2 aromatic carbocycles. The van der Waals surface area contributed by atoms with Crippen LogP contribution in [-0.4, -0.2) is 27.5 Å². The minimum Gasteiger partial charge on any atom is -0.492 e. The normalized spacial score (nSPS) is 11.2. The Morgan fingerprint density at radius 1 is 1.17 bits per heavy atom. The highest BCUT2D eigenvalue weighted by molar-refractivity contribution is 7.89. The van der Waals surface area contributed by atoms with Crippen LogP contribution in [0.3, 0.4) is 0 Å². The van der Waals surface area contributed by atoms with Gasteiger partial charge in [-0.25, -0.2) is 17.5 Å². The van der Waals surface area contributed by atoms with E-state index in [0.29, 0.717) is 5.75 Å². The van der Waals surface area contributed by atoms with E-state index in [1.54, 1.807) is 6.07 Å². The Morgan fingerprint density at radius 3 is 2.48 bits per heavy atom. The first-order valence-electron chi connectivity index (χ1n) is 6.66. The van der Waals surface area contributed by atoms with Gasteiger partial charge in [-0.05, 0) is 36.4 Å². The second-order valence-corrected chi connectivity index (χ2v) is 6.36. The van der Waals surface area contributed by atoms with Crippen LogP contribution in [0.25, 0.3) is 0 Å². The molecular weight excluding hydrogens is 323 g/mol. The van der Waals surface area contributed by atoms with Crippen LogP contribution in [0.2, 0.25) is 0 Å². The molecule has 2 aromatic rings. The number of hydrogen-bond donors (Lipinski definition) is 2. The standard InChI is InChI=1S/C15H15FN2O4S/c16-12-2-1-3-13(10-12)22-9-8-18-23(20,21)14-6-4-11(5-7-14)15(17)19/h1-7,10,18H,8-9H2,(H2,17,19). The Kier molecular flexibility index (Phi) is 5.30. The highest BCUT2D eigenvalue weighted by atomic mass is 32.2. The van der Waals surface area contributed by atoms with Crippen molar-refractivity contribution in [3.8, 4) is 5.75 Å². The molecule has 3 N–H and O–H groups in total. The Morgan fingerprint density at radius 2 is 1.87 bits per heavy atom. The minimum absolute atomic E-state index is 0.00764. The summed E-state index contributed by atoms with van der Waals surface area (Å²) in [5.74, 6) is -0.752. The number of amides is 1. The van der Waals surface area contributed by atoms with Crippen molar-refractivity contribution in [2.75, 3.05) is 13.2 Å². The maximum Gasteiger partial charge on any atom is 0.248 e.